The largest absolute Gasteiger partial charge is 0.477 e. The number of benzene rings is 1. The lowest BCUT2D eigenvalue weighted by Crippen LogP contribution is -2.71. The zero-order chi connectivity index (χ0) is 34.2. The van der Waals surface area contributed by atoms with Crippen molar-refractivity contribution in [2.75, 3.05) is 31.7 Å². The number of halogens is 1. The number of carbonyl (C=O) groups excluding carboxylic acids is 2. The Morgan fingerprint density at radius 2 is 2.00 bits per heavy atom. The van der Waals surface area contributed by atoms with Gasteiger partial charge in [-0.15, -0.1) is 16.3 Å². The van der Waals surface area contributed by atoms with Crippen molar-refractivity contribution in [2.45, 2.75) is 37.3 Å². The number of aromatic nitrogens is 4. The number of nitrogens with one attached hydrogen (secondary N) is 1. The minimum Gasteiger partial charge on any atom is -0.477 e. The van der Waals surface area contributed by atoms with Crippen molar-refractivity contribution in [3.63, 3.8) is 0 Å². The summed E-state index contributed by atoms with van der Waals surface area (Å²) in [5.41, 5.74) is 9.09. The predicted octanol–water partition coefficient (Wildman–Crippen LogP) is 1.99. The number of anilines is 1. The topological polar surface area (TPSA) is 176 Å². The molecule has 1 aromatic carbocycles. The molecule has 0 spiro atoms. The fraction of sp³-hybridized carbons (Fsp3) is 0.323. The molecule has 4 aromatic rings. The third-order valence-corrected chi connectivity index (χ3v) is 10.9. The average molecular weight is 724 g/mol. The maximum atomic E-state index is 13.3. The molecule has 2 amide bonds. The monoisotopic (exact) mass is 723 g/mol. The van der Waals surface area contributed by atoms with E-state index < -0.39 is 29.2 Å². The first-order valence-electron chi connectivity index (χ1n) is 15.4. The lowest BCUT2D eigenvalue weighted by Gasteiger charge is -2.49. The Bertz CT molecular complexity index is 2030. The van der Waals surface area contributed by atoms with Crippen molar-refractivity contribution in [1.82, 2.24) is 29.4 Å². The molecule has 2 atom stereocenters. The molecule has 2 fully saturated rings. The van der Waals surface area contributed by atoms with Gasteiger partial charge in [-0.25, -0.2) is 19.0 Å². The van der Waals surface area contributed by atoms with E-state index in [4.69, 9.17) is 22.2 Å². The van der Waals surface area contributed by atoms with Crippen LogP contribution in [0, 0.1) is 0 Å². The Hall–Kier alpha value is -4.87. The predicted molar refractivity (Wildman–Crippen MR) is 184 cm³/mol. The van der Waals surface area contributed by atoms with Gasteiger partial charge in [0, 0.05) is 18.8 Å². The van der Waals surface area contributed by atoms with Gasteiger partial charge >= 0.3 is 11.6 Å². The molecule has 15 nitrogen and oxygen atoms in total. The zero-order valence-electron chi connectivity index (χ0n) is 26.2. The number of imidazole rings is 1. The molecule has 0 aliphatic carbocycles. The lowest BCUT2D eigenvalue weighted by molar-refractivity contribution is -0.661. The van der Waals surface area contributed by atoms with Crippen LogP contribution in [0.4, 0.5) is 5.13 Å². The summed E-state index contributed by atoms with van der Waals surface area (Å²) >= 11 is 8.51. The van der Waals surface area contributed by atoms with Crippen LogP contribution in [0.2, 0.25) is 4.34 Å². The highest BCUT2D eigenvalue weighted by Gasteiger charge is 2.54. The number of carboxylic acid groups (broad SMARTS) is 1. The minimum atomic E-state index is -1.22. The van der Waals surface area contributed by atoms with Gasteiger partial charge in [0.05, 0.1) is 25.0 Å². The van der Waals surface area contributed by atoms with E-state index in [-0.39, 0.29) is 33.1 Å². The first-order valence-corrected chi connectivity index (χ1v) is 17.6. The van der Waals surface area contributed by atoms with Crippen molar-refractivity contribution >= 4 is 75.2 Å². The van der Waals surface area contributed by atoms with Gasteiger partial charge in [-0.05, 0) is 29.5 Å². The van der Waals surface area contributed by atoms with Gasteiger partial charge in [-0.3, -0.25) is 19.5 Å². The summed E-state index contributed by atoms with van der Waals surface area (Å²) in [4.78, 5) is 49.1. The van der Waals surface area contributed by atoms with Crippen molar-refractivity contribution in [3.05, 3.63) is 81.3 Å². The van der Waals surface area contributed by atoms with Gasteiger partial charge in [0.15, 0.2) is 17.0 Å². The third kappa shape index (κ3) is 6.36. The Morgan fingerprint density at radius 3 is 2.69 bits per heavy atom. The second kappa shape index (κ2) is 13.6. The number of hydrogen-bond acceptors (Lipinski definition) is 11. The Morgan fingerprint density at radius 1 is 1.22 bits per heavy atom. The summed E-state index contributed by atoms with van der Waals surface area (Å²) in [5, 5.41) is 22.8. The molecule has 0 saturated carbocycles. The van der Waals surface area contributed by atoms with E-state index in [2.05, 4.69) is 54.4 Å². The molecule has 3 aliphatic rings. The molecule has 0 bridgehead atoms. The summed E-state index contributed by atoms with van der Waals surface area (Å²) in [6, 6.07) is 9.29. The number of rotatable bonds is 11. The first kappa shape index (κ1) is 32.7. The number of hydrazone groups is 1. The van der Waals surface area contributed by atoms with E-state index >= 15 is 0 Å². The number of amides is 2. The molecule has 0 radical (unpaired) electrons. The van der Waals surface area contributed by atoms with Crippen molar-refractivity contribution in [2.24, 2.45) is 10.3 Å². The molecule has 18 heteroatoms. The molecular weight excluding hydrogens is 692 g/mol. The molecule has 49 heavy (non-hydrogen) atoms. The number of nitrogens with zero attached hydrogens (tertiary/aromatic N) is 8. The van der Waals surface area contributed by atoms with E-state index in [1.54, 1.807) is 0 Å². The van der Waals surface area contributed by atoms with Crippen LogP contribution in [0.1, 0.15) is 29.7 Å². The standard InChI is InChI=1S/C31H31ClN10O5S2/c1-47-37-23(22-26(32)49-31(33)36-22)27(43)35-24-28(44)42-25(30(45)46)20(17-48-29(24)42)16-40-11-8-21-38(12-13-41(21)40)15-19-6-4-18(5-7-19)14-34-39-9-2-3-10-39/h4-8,11-14,24,29H,2-3,9-10,15-17H2,1H3,(H3-,33,35,36,43,45,46)/p+1/b34-14?,37-23-/t24-,29-/m1/s1. The summed E-state index contributed by atoms with van der Waals surface area (Å²) in [6.07, 6.45) is 10.1. The van der Waals surface area contributed by atoms with Gasteiger partial charge in [0.1, 0.15) is 47.0 Å². The van der Waals surface area contributed by atoms with Crippen LogP contribution in [0.5, 0.6) is 0 Å². The third-order valence-electron chi connectivity index (χ3n) is 8.49. The van der Waals surface area contributed by atoms with Gasteiger partial charge in [-0.1, -0.05) is 52.4 Å². The number of thiazole rings is 1. The van der Waals surface area contributed by atoms with Crippen molar-refractivity contribution in [1.29, 1.82) is 0 Å². The Labute approximate surface area is 293 Å². The van der Waals surface area contributed by atoms with Gasteiger partial charge < -0.3 is 21.0 Å². The number of nitrogen functional groups attached to an aromatic ring is 1. The van der Waals surface area contributed by atoms with E-state index in [0.717, 1.165) is 41.2 Å². The summed E-state index contributed by atoms with van der Waals surface area (Å²) in [5.74, 6) is -2.18. The SMILES string of the molecule is CO/N=C(\C(=O)N[C@@H]1C(=O)N2C(C(=O)O)=C(Cn3ccc4n3cc[n+]4Cc3ccc(C=NN4CCCC4)cc3)CS[C@H]12)c1nc(N)sc1Cl. The number of β-lactam (4-membered cyclic amide) rings is 1. The number of aliphatic carboxylic acids is 1. The van der Waals surface area contributed by atoms with Crippen molar-refractivity contribution < 1.29 is 28.9 Å². The Balaban J connectivity index is 1.04. The second-order valence-electron chi connectivity index (χ2n) is 11.6. The molecule has 0 unspecified atom stereocenters. The quantitative estimate of drug-likeness (QED) is 0.0905. The average Bonchev–Trinajstić information content (AvgIpc) is 3.89. The highest BCUT2D eigenvalue weighted by Crippen LogP contribution is 2.41. The molecule has 2 saturated heterocycles. The number of thioether (sulfide) groups is 1. The maximum absolute atomic E-state index is 13.3. The van der Waals surface area contributed by atoms with Crippen molar-refractivity contribution in [3.8, 4) is 0 Å². The van der Waals surface area contributed by atoms with Gasteiger partial charge in [-0.2, -0.15) is 5.10 Å². The second-order valence-corrected chi connectivity index (χ2v) is 14.3. The molecule has 6 heterocycles. The molecule has 4 N–H and O–H groups in total. The van der Waals surface area contributed by atoms with E-state index in [0.29, 0.717) is 17.9 Å². The van der Waals surface area contributed by atoms with Crippen LogP contribution in [0.25, 0.3) is 5.65 Å². The van der Waals surface area contributed by atoms with Crippen LogP contribution in [0.15, 0.2) is 70.4 Å². The van der Waals surface area contributed by atoms with Crippen LogP contribution in [0.3, 0.4) is 0 Å². The maximum Gasteiger partial charge on any atom is 0.352 e. The highest BCUT2D eigenvalue weighted by molar-refractivity contribution is 8.00. The smallest absolute Gasteiger partial charge is 0.352 e. The number of fused-ring (bicyclic) bond motifs is 2. The lowest BCUT2D eigenvalue weighted by atomic mass is 10.0. The van der Waals surface area contributed by atoms with E-state index in [1.807, 2.05) is 40.1 Å². The zero-order valence-corrected chi connectivity index (χ0v) is 28.6. The molecule has 3 aliphatic heterocycles. The minimum absolute atomic E-state index is 0.0254. The van der Waals surface area contributed by atoms with E-state index in [1.165, 1.54) is 36.6 Å². The van der Waals surface area contributed by atoms with Gasteiger partial charge in [0.25, 0.3) is 11.8 Å². The molecular formula is C31H32ClN10O5S2+. The summed E-state index contributed by atoms with van der Waals surface area (Å²) in [7, 11) is 1.26. The molecule has 254 valence electrons. The first-order chi connectivity index (χ1) is 23.7. The Kier molecular flexibility index (Phi) is 9.04. The molecule has 7 rings (SSSR count). The van der Waals surface area contributed by atoms with Gasteiger partial charge in [0.2, 0.25) is 0 Å². The van der Waals surface area contributed by atoms with E-state index in [9.17, 15) is 19.5 Å². The number of carboxylic acids is 1. The fourth-order valence-electron chi connectivity index (χ4n) is 6.13. The number of hydrogen-bond donors (Lipinski definition) is 3. The van der Waals surface area contributed by atoms with Crippen LogP contribution in [-0.2, 0) is 32.3 Å². The van der Waals surface area contributed by atoms with Crippen LogP contribution >= 0.6 is 34.7 Å². The normalized spacial score (nSPS) is 19.6. The highest BCUT2D eigenvalue weighted by atomic mass is 35.5. The number of carbonyl (C=O) groups is 3. The number of oxime groups is 1. The number of nitrogens with two attached hydrogens (primary N) is 1. The molecule has 3 aromatic heterocycles. The summed E-state index contributed by atoms with van der Waals surface area (Å²) < 4.78 is 6.11. The fourth-order valence-corrected chi connectivity index (χ4v) is 8.39. The van der Waals surface area contributed by atoms with Crippen LogP contribution in [-0.4, -0.2) is 96.3 Å². The summed E-state index contributed by atoms with van der Waals surface area (Å²) in [6.45, 7) is 2.92. The van der Waals surface area contributed by atoms with Crippen LogP contribution < -0.4 is 15.6 Å².